The summed E-state index contributed by atoms with van der Waals surface area (Å²) in [4.78, 5) is 22.1. The van der Waals surface area contributed by atoms with Crippen LogP contribution in [0.15, 0.2) is 18.2 Å². The molecule has 92 valence electrons. The molecule has 1 aromatic carbocycles. The van der Waals surface area contributed by atoms with Crippen LogP contribution >= 0.6 is 0 Å². The maximum absolute atomic E-state index is 11.7. The first-order valence-corrected chi connectivity index (χ1v) is 5.09. The van der Waals surface area contributed by atoms with Crippen LogP contribution in [0.4, 0.5) is 5.69 Å². The van der Waals surface area contributed by atoms with Crippen LogP contribution in [-0.2, 0) is 4.74 Å². The van der Waals surface area contributed by atoms with Gasteiger partial charge in [-0.15, -0.1) is 0 Å². The van der Waals surface area contributed by atoms with E-state index in [9.17, 15) is 14.9 Å². The van der Waals surface area contributed by atoms with E-state index in [1.807, 2.05) is 0 Å². The number of nitro benzene ring substituents is 1. The number of rotatable bonds is 5. The van der Waals surface area contributed by atoms with E-state index in [-0.39, 0.29) is 11.3 Å². The summed E-state index contributed by atoms with van der Waals surface area (Å²) in [5.74, 6) is -0.461. The molecule has 17 heavy (non-hydrogen) atoms. The van der Waals surface area contributed by atoms with Gasteiger partial charge in [0.2, 0.25) is 0 Å². The molecule has 0 fully saturated rings. The molecule has 0 spiro atoms. The number of nitrogens with zero attached hydrogens (tertiary/aromatic N) is 1. The lowest BCUT2D eigenvalue weighted by Gasteiger charge is -2.06. The zero-order chi connectivity index (χ0) is 12.8. The zero-order valence-electron chi connectivity index (χ0n) is 9.73. The predicted molar refractivity (Wildman–Crippen MR) is 62.0 cm³/mol. The lowest BCUT2D eigenvalue weighted by molar-refractivity contribution is -0.385. The van der Waals surface area contributed by atoms with Crippen molar-refractivity contribution in [3.05, 3.63) is 39.4 Å². The SMILES string of the molecule is COCCNC(=O)c1cccc(C)c1[N+](=O)[O-]. The van der Waals surface area contributed by atoms with Crippen molar-refractivity contribution in [3.63, 3.8) is 0 Å². The number of benzene rings is 1. The van der Waals surface area contributed by atoms with Gasteiger partial charge in [0, 0.05) is 19.2 Å². The van der Waals surface area contributed by atoms with Crippen molar-refractivity contribution < 1.29 is 14.5 Å². The molecule has 0 saturated heterocycles. The Hall–Kier alpha value is -1.95. The van der Waals surface area contributed by atoms with Gasteiger partial charge >= 0.3 is 0 Å². The molecular formula is C11H14N2O4. The highest BCUT2D eigenvalue weighted by molar-refractivity contribution is 5.98. The van der Waals surface area contributed by atoms with Gasteiger partial charge in [0.1, 0.15) is 5.56 Å². The van der Waals surface area contributed by atoms with Gasteiger partial charge in [0.25, 0.3) is 11.6 Å². The Balaban J connectivity index is 2.93. The third-order valence-electron chi connectivity index (χ3n) is 2.26. The van der Waals surface area contributed by atoms with Crippen LogP contribution < -0.4 is 5.32 Å². The van der Waals surface area contributed by atoms with Crippen LogP contribution in [-0.4, -0.2) is 31.1 Å². The van der Waals surface area contributed by atoms with Crippen molar-refractivity contribution in [2.24, 2.45) is 0 Å². The third-order valence-corrected chi connectivity index (χ3v) is 2.26. The molecule has 0 aromatic heterocycles. The smallest absolute Gasteiger partial charge is 0.285 e. The summed E-state index contributed by atoms with van der Waals surface area (Å²) < 4.78 is 4.78. The van der Waals surface area contributed by atoms with Crippen molar-refractivity contribution in [2.75, 3.05) is 20.3 Å². The van der Waals surface area contributed by atoms with E-state index >= 15 is 0 Å². The molecule has 0 aliphatic rings. The number of hydrogen-bond acceptors (Lipinski definition) is 4. The van der Waals surface area contributed by atoms with Crippen molar-refractivity contribution in [1.29, 1.82) is 0 Å². The second-order valence-corrected chi connectivity index (χ2v) is 3.48. The molecule has 1 aromatic rings. The average Bonchev–Trinajstić information content (AvgIpc) is 2.28. The summed E-state index contributed by atoms with van der Waals surface area (Å²) in [7, 11) is 1.52. The van der Waals surface area contributed by atoms with Gasteiger partial charge in [-0.25, -0.2) is 0 Å². The number of hydrogen-bond donors (Lipinski definition) is 1. The number of para-hydroxylation sites is 1. The lowest BCUT2D eigenvalue weighted by atomic mass is 10.1. The predicted octanol–water partition coefficient (Wildman–Crippen LogP) is 1.28. The summed E-state index contributed by atoms with van der Waals surface area (Å²) in [6, 6.07) is 4.66. The van der Waals surface area contributed by atoms with E-state index in [1.54, 1.807) is 19.1 Å². The van der Waals surface area contributed by atoms with E-state index in [0.29, 0.717) is 18.7 Å². The van der Waals surface area contributed by atoms with Crippen molar-refractivity contribution in [1.82, 2.24) is 5.32 Å². The summed E-state index contributed by atoms with van der Waals surface area (Å²) in [5.41, 5.74) is 0.392. The third kappa shape index (κ3) is 3.25. The topological polar surface area (TPSA) is 81.5 Å². The average molecular weight is 238 g/mol. The molecule has 1 N–H and O–H groups in total. The second-order valence-electron chi connectivity index (χ2n) is 3.48. The van der Waals surface area contributed by atoms with Crippen molar-refractivity contribution in [3.8, 4) is 0 Å². The van der Waals surface area contributed by atoms with E-state index in [1.165, 1.54) is 13.2 Å². The Kier molecular flexibility index (Phi) is 4.59. The molecule has 0 atom stereocenters. The minimum Gasteiger partial charge on any atom is -0.383 e. The minimum absolute atomic E-state index is 0.0751. The normalized spacial score (nSPS) is 10.0. The summed E-state index contributed by atoms with van der Waals surface area (Å²) in [6.45, 7) is 2.29. The zero-order valence-corrected chi connectivity index (χ0v) is 9.73. The number of amides is 1. The fraction of sp³-hybridized carbons (Fsp3) is 0.364. The molecular weight excluding hydrogens is 224 g/mol. The van der Waals surface area contributed by atoms with Gasteiger partial charge in [0.05, 0.1) is 11.5 Å². The number of methoxy groups -OCH3 is 1. The highest BCUT2D eigenvalue weighted by atomic mass is 16.6. The second kappa shape index (κ2) is 5.95. The van der Waals surface area contributed by atoms with E-state index < -0.39 is 10.8 Å². The molecule has 0 saturated carbocycles. The van der Waals surface area contributed by atoms with Crippen molar-refractivity contribution >= 4 is 11.6 Å². The highest BCUT2D eigenvalue weighted by Crippen LogP contribution is 2.22. The largest absolute Gasteiger partial charge is 0.383 e. The molecule has 0 radical (unpaired) electrons. The molecule has 6 heteroatoms. The fourth-order valence-corrected chi connectivity index (χ4v) is 1.45. The molecule has 0 unspecified atom stereocenters. The Morgan fingerprint density at radius 2 is 2.24 bits per heavy atom. The molecule has 6 nitrogen and oxygen atoms in total. The first-order valence-electron chi connectivity index (χ1n) is 5.09. The highest BCUT2D eigenvalue weighted by Gasteiger charge is 2.21. The standard InChI is InChI=1S/C11H14N2O4/c1-8-4-3-5-9(10(8)13(15)16)11(14)12-6-7-17-2/h3-5H,6-7H2,1-2H3,(H,12,14). The molecule has 0 heterocycles. The van der Waals surface area contributed by atoms with Crippen molar-refractivity contribution in [2.45, 2.75) is 6.92 Å². The summed E-state index contributed by atoms with van der Waals surface area (Å²) in [6.07, 6.45) is 0. The first kappa shape index (κ1) is 13.1. The Morgan fingerprint density at radius 3 is 2.82 bits per heavy atom. The van der Waals surface area contributed by atoms with Crippen LogP contribution in [0.25, 0.3) is 0 Å². The molecule has 0 aliphatic heterocycles. The number of aryl methyl sites for hydroxylation is 1. The molecule has 1 rings (SSSR count). The maximum atomic E-state index is 11.7. The Bertz CT molecular complexity index is 431. The van der Waals surface area contributed by atoms with Crippen LogP contribution in [0.2, 0.25) is 0 Å². The van der Waals surface area contributed by atoms with Crippen LogP contribution in [0.5, 0.6) is 0 Å². The number of carbonyl (C=O) groups excluding carboxylic acids is 1. The van der Waals surface area contributed by atoms with Gasteiger partial charge in [-0.05, 0) is 13.0 Å². The Morgan fingerprint density at radius 1 is 1.53 bits per heavy atom. The summed E-state index contributed by atoms with van der Waals surface area (Å²) in [5, 5.41) is 13.4. The quantitative estimate of drug-likeness (QED) is 0.476. The van der Waals surface area contributed by atoms with E-state index in [4.69, 9.17) is 4.74 Å². The van der Waals surface area contributed by atoms with Crippen LogP contribution in [0.3, 0.4) is 0 Å². The number of ether oxygens (including phenoxy) is 1. The van der Waals surface area contributed by atoms with E-state index in [0.717, 1.165) is 0 Å². The van der Waals surface area contributed by atoms with E-state index in [2.05, 4.69) is 5.32 Å². The lowest BCUT2D eigenvalue weighted by Crippen LogP contribution is -2.27. The monoisotopic (exact) mass is 238 g/mol. The molecule has 0 bridgehead atoms. The fourth-order valence-electron chi connectivity index (χ4n) is 1.45. The van der Waals surface area contributed by atoms with Gasteiger partial charge in [-0.3, -0.25) is 14.9 Å². The Labute approximate surface area is 98.7 Å². The molecule has 1 amide bonds. The number of nitrogens with one attached hydrogen (secondary N) is 1. The maximum Gasteiger partial charge on any atom is 0.285 e. The van der Waals surface area contributed by atoms with Crippen LogP contribution in [0.1, 0.15) is 15.9 Å². The van der Waals surface area contributed by atoms with Gasteiger partial charge in [-0.1, -0.05) is 12.1 Å². The van der Waals surface area contributed by atoms with Gasteiger partial charge < -0.3 is 10.1 Å². The molecule has 0 aliphatic carbocycles. The van der Waals surface area contributed by atoms with Crippen LogP contribution in [0, 0.1) is 17.0 Å². The minimum atomic E-state index is -0.541. The first-order chi connectivity index (χ1) is 8.07. The number of nitro groups is 1. The number of carbonyl (C=O) groups is 1. The summed E-state index contributed by atoms with van der Waals surface area (Å²) >= 11 is 0. The van der Waals surface area contributed by atoms with Gasteiger partial charge in [-0.2, -0.15) is 0 Å². The van der Waals surface area contributed by atoms with Gasteiger partial charge in [0.15, 0.2) is 0 Å².